The van der Waals surface area contributed by atoms with Crippen LogP contribution in [-0.2, 0) is 6.54 Å². The summed E-state index contributed by atoms with van der Waals surface area (Å²) in [6.07, 6.45) is 1.29. The predicted molar refractivity (Wildman–Crippen MR) is 73.1 cm³/mol. The summed E-state index contributed by atoms with van der Waals surface area (Å²) in [7, 11) is 0. The number of hydrogen-bond acceptors (Lipinski definition) is 3. The smallest absolute Gasteiger partial charge is 0.0991 e. The Morgan fingerprint density at radius 2 is 2.24 bits per heavy atom. The Balaban J connectivity index is 2.05. The van der Waals surface area contributed by atoms with Gasteiger partial charge in [0.25, 0.3) is 0 Å². The summed E-state index contributed by atoms with van der Waals surface area (Å²) in [5.74, 6) is 2.54. The van der Waals surface area contributed by atoms with E-state index < -0.39 is 0 Å². The van der Waals surface area contributed by atoms with Crippen LogP contribution in [0.2, 0.25) is 0 Å². The van der Waals surface area contributed by atoms with E-state index in [2.05, 4.69) is 35.7 Å². The van der Waals surface area contributed by atoms with Crippen molar-refractivity contribution in [3.63, 3.8) is 0 Å². The van der Waals surface area contributed by atoms with Crippen LogP contribution >= 0.6 is 11.8 Å². The van der Waals surface area contributed by atoms with E-state index in [0.717, 1.165) is 12.1 Å². The Bertz CT molecular complexity index is 415. The highest BCUT2D eigenvalue weighted by molar-refractivity contribution is 7.99. The van der Waals surface area contributed by atoms with Crippen molar-refractivity contribution >= 4 is 11.8 Å². The molecule has 0 spiro atoms. The number of nitriles is 1. The van der Waals surface area contributed by atoms with E-state index in [-0.39, 0.29) is 0 Å². The molecule has 1 aromatic carbocycles. The largest absolute Gasteiger partial charge is 0.298 e. The maximum atomic E-state index is 8.85. The second kappa shape index (κ2) is 6.09. The van der Waals surface area contributed by atoms with Crippen LogP contribution in [-0.4, -0.2) is 29.5 Å². The molecule has 2 nitrogen and oxygen atoms in total. The van der Waals surface area contributed by atoms with Crippen molar-refractivity contribution in [1.82, 2.24) is 4.90 Å². The van der Waals surface area contributed by atoms with Crippen LogP contribution in [0.3, 0.4) is 0 Å². The lowest BCUT2D eigenvalue weighted by molar-refractivity contribution is 0.287. The van der Waals surface area contributed by atoms with Crippen LogP contribution in [0.5, 0.6) is 0 Å². The lowest BCUT2D eigenvalue weighted by Crippen LogP contribution is -2.25. The molecule has 1 fully saturated rings. The van der Waals surface area contributed by atoms with Crippen LogP contribution in [0.1, 0.15) is 23.1 Å². The molecule has 90 valence electrons. The van der Waals surface area contributed by atoms with Gasteiger partial charge in [0, 0.05) is 18.8 Å². The summed E-state index contributed by atoms with van der Waals surface area (Å²) < 4.78 is 0. The van der Waals surface area contributed by atoms with Gasteiger partial charge in [-0.2, -0.15) is 17.0 Å². The van der Waals surface area contributed by atoms with Gasteiger partial charge in [-0.15, -0.1) is 0 Å². The van der Waals surface area contributed by atoms with E-state index in [0.29, 0.717) is 0 Å². The predicted octanol–water partition coefficient (Wildman–Crippen LogP) is 2.81. The number of hydrogen-bond donors (Lipinski definition) is 0. The van der Waals surface area contributed by atoms with Gasteiger partial charge in [0.2, 0.25) is 0 Å². The first-order valence-electron chi connectivity index (χ1n) is 6.09. The molecule has 3 heteroatoms. The summed E-state index contributed by atoms with van der Waals surface area (Å²) in [5.41, 5.74) is 3.36. The second-order valence-corrected chi connectivity index (χ2v) is 5.72. The Hall–Kier alpha value is -0.980. The molecule has 0 aliphatic carbocycles. The van der Waals surface area contributed by atoms with Gasteiger partial charge in [0.05, 0.1) is 11.6 Å². The molecule has 0 N–H and O–H groups in total. The molecule has 0 bridgehead atoms. The van der Waals surface area contributed by atoms with Crippen molar-refractivity contribution in [2.75, 3.05) is 24.6 Å². The number of nitrogens with zero attached hydrogens (tertiary/aromatic N) is 2. The zero-order valence-electron chi connectivity index (χ0n) is 10.3. The van der Waals surface area contributed by atoms with Crippen molar-refractivity contribution in [2.45, 2.75) is 19.9 Å². The Morgan fingerprint density at radius 1 is 1.35 bits per heavy atom. The van der Waals surface area contributed by atoms with E-state index >= 15 is 0 Å². The first-order chi connectivity index (χ1) is 8.29. The Morgan fingerprint density at radius 3 is 3.00 bits per heavy atom. The van der Waals surface area contributed by atoms with E-state index in [1.54, 1.807) is 0 Å². The molecule has 0 radical (unpaired) electrons. The quantitative estimate of drug-likeness (QED) is 0.803. The molecule has 1 heterocycles. The summed E-state index contributed by atoms with van der Waals surface area (Å²) in [4.78, 5) is 2.52. The van der Waals surface area contributed by atoms with Crippen molar-refractivity contribution < 1.29 is 0 Å². The molecule has 1 aromatic rings. The third kappa shape index (κ3) is 3.49. The van der Waals surface area contributed by atoms with Crippen LogP contribution in [0.4, 0.5) is 0 Å². The molecule has 1 aliphatic heterocycles. The third-order valence-electron chi connectivity index (χ3n) is 3.18. The van der Waals surface area contributed by atoms with Gasteiger partial charge in [0.15, 0.2) is 0 Å². The average molecular weight is 246 g/mol. The van der Waals surface area contributed by atoms with E-state index in [4.69, 9.17) is 5.26 Å². The number of benzene rings is 1. The topological polar surface area (TPSA) is 27.0 Å². The maximum Gasteiger partial charge on any atom is 0.0991 e. The molecule has 1 aliphatic rings. The highest BCUT2D eigenvalue weighted by Gasteiger charge is 2.10. The van der Waals surface area contributed by atoms with E-state index in [9.17, 15) is 0 Å². The average Bonchev–Trinajstić information content (AvgIpc) is 2.60. The lowest BCUT2D eigenvalue weighted by atomic mass is 10.1. The molecular formula is C14H18N2S. The fourth-order valence-corrected chi connectivity index (χ4v) is 3.06. The SMILES string of the molecule is Cc1cc(C#N)ccc1CN1CCCSCC1. The summed E-state index contributed by atoms with van der Waals surface area (Å²) >= 11 is 2.06. The first-order valence-corrected chi connectivity index (χ1v) is 7.25. The van der Waals surface area contributed by atoms with Gasteiger partial charge in [-0.05, 0) is 48.9 Å². The third-order valence-corrected chi connectivity index (χ3v) is 4.23. The number of aryl methyl sites for hydroxylation is 1. The summed E-state index contributed by atoms with van der Waals surface area (Å²) in [6.45, 7) is 5.51. The number of thioether (sulfide) groups is 1. The molecule has 2 rings (SSSR count). The van der Waals surface area contributed by atoms with Gasteiger partial charge in [-0.1, -0.05) is 6.07 Å². The van der Waals surface area contributed by atoms with Gasteiger partial charge in [0.1, 0.15) is 0 Å². The van der Waals surface area contributed by atoms with E-state index in [1.807, 2.05) is 12.1 Å². The van der Waals surface area contributed by atoms with Crippen molar-refractivity contribution in [1.29, 1.82) is 5.26 Å². The second-order valence-electron chi connectivity index (χ2n) is 4.50. The Labute approximate surface area is 108 Å². The monoisotopic (exact) mass is 246 g/mol. The van der Waals surface area contributed by atoms with E-state index in [1.165, 1.54) is 42.1 Å². The van der Waals surface area contributed by atoms with Crippen molar-refractivity contribution in [3.05, 3.63) is 34.9 Å². The van der Waals surface area contributed by atoms with Gasteiger partial charge in [-0.3, -0.25) is 4.90 Å². The maximum absolute atomic E-state index is 8.85. The minimum absolute atomic E-state index is 0.762. The molecule has 0 saturated carbocycles. The standard InChI is InChI=1S/C14H18N2S/c1-12-9-13(10-15)3-4-14(12)11-16-5-2-7-17-8-6-16/h3-4,9H,2,5-8,11H2,1H3. The Kier molecular flexibility index (Phi) is 4.47. The molecule has 1 saturated heterocycles. The summed E-state index contributed by atoms with van der Waals surface area (Å²) in [6, 6.07) is 8.21. The van der Waals surface area contributed by atoms with Crippen LogP contribution < -0.4 is 0 Å². The first kappa shape index (κ1) is 12.5. The lowest BCUT2D eigenvalue weighted by Gasteiger charge is -2.20. The van der Waals surface area contributed by atoms with Gasteiger partial charge < -0.3 is 0 Å². The summed E-state index contributed by atoms with van der Waals surface area (Å²) in [5, 5.41) is 8.85. The fourth-order valence-electron chi connectivity index (χ4n) is 2.14. The normalized spacial score (nSPS) is 17.4. The van der Waals surface area contributed by atoms with Gasteiger partial charge >= 0.3 is 0 Å². The van der Waals surface area contributed by atoms with Gasteiger partial charge in [-0.25, -0.2) is 0 Å². The number of rotatable bonds is 2. The minimum atomic E-state index is 0.762. The zero-order chi connectivity index (χ0) is 12.1. The fraction of sp³-hybridized carbons (Fsp3) is 0.500. The molecule has 0 amide bonds. The molecular weight excluding hydrogens is 228 g/mol. The highest BCUT2D eigenvalue weighted by Crippen LogP contribution is 2.16. The molecule has 0 atom stereocenters. The zero-order valence-corrected chi connectivity index (χ0v) is 11.1. The van der Waals surface area contributed by atoms with Crippen molar-refractivity contribution in [2.24, 2.45) is 0 Å². The molecule has 17 heavy (non-hydrogen) atoms. The highest BCUT2D eigenvalue weighted by atomic mass is 32.2. The van der Waals surface area contributed by atoms with Crippen LogP contribution in [0.25, 0.3) is 0 Å². The van der Waals surface area contributed by atoms with Crippen LogP contribution in [0.15, 0.2) is 18.2 Å². The van der Waals surface area contributed by atoms with Crippen LogP contribution in [0, 0.1) is 18.3 Å². The minimum Gasteiger partial charge on any atom is -0.298 e. The molecule has 0 unspecified atom stereocenters. The van der Waals surface area contributed by atoms with Crippen molar-refractivity contribution in [3.8, 4) is 6.07 Å². The molecule has 0 aromatic heterocycles.